The van der Waals surface area contributed by atoms with E-state index in [9.17, 15) is 0 Å². The fraction of sp³-hybridized carbons (Fsp3) is 0.611. The third kappa shape index (κ3) is 2.86. The van der Waals surface area contributed by atoms with Crippen LogP contribution >= 0.6 is 12.2 Å². The number of hydrogen-bond donors (Lipinski definition) is 2. The molecule has 1 saturated carbocycles. The Morgan fingerprint density at radius 1 is 1.18 bits per heavy atom. The standard InChI is InChI=1S/C18H27N3S/c1-12-9-17(4,5)11-18(10-12)19-16(22)21(20-18)15-7-6-13(2)14(3)8-15/h6-8,12,20H,9-11H2,1-5H3,(H,19,22)/t12-,18+/m0/s1. The first-order valence-corrected chi connectivity index (χ1v) is 8.58. The van der Waals surface area contributed by atoms with Crippen molar-refractivity contribution in [1.29, 1.82) is 0 Å². The van der Waals surface area contributed by atoms with Gasteiger partial charge in [-0.2, -0.15) is 0 Å². The van der Waals surface area contributed by atoms with Crippen LogP contribution in [0.3, 0.4) is 0 Å². The molecule has 1 saturated heterocycles. The Labute approximate surface area is 139 Å². The zero-order valence-electron chi connectivity index (χ0n) is 14.3. The lowest BCUT2D eigenvalue weighted by atomic mass is 9.68. The van der Waals surface area contributed by atoms with Gasteiger partial charge in [0, 0.05) is 0 Å². The summed E-state index contributed by atoms with van der Waals surface area (Å²) in [5.74, 6) is 0.686. The van der Waals surface area contributed by atoms with E-state index in [2.05, 4.69) is 68.6 Å². The molecule has 3 nitrogen and oxygen atoms in total. The number of hydrazine groups is 1. The third-order valence-corrected chi connectivity index (χ3v) is 5.29. The Hall–Kier alpha value is -1.13. The van der Waals surface area contributed by atoms with E-state index in [0.29, 0.717) is 11.3 Å². The van der Waals surface area contributed by atoms with Crippen LogP contribution in [-0.4, -0.2) is 10.8 Å². The summed E-state index contributed by atoms with van der Waals surface area (Å²) in [6.07, 6.45) is 3.47. The molecule has 0 amide bonds. The first kappa shape index (κ1) is 15.8. The largest absolute Gasteiger partial charge is 0.342 e. The van der Waals surface area contributed by atoms with Crippen LogP contribution in [0.4, 0.5) is 5.69 Å². The van der Waals surface area contributed by atoms with Crippen LogP contribution < -0.4 is 15.8 Å². The van der Waals surface area contributed by atoms with Gasteiger partial charge in [0.1, 0.15) is 5.66 Å². The highest BCUT2D eigenvalue weighted by molar-refractivity contribution is 7.80. The van der Waals surface area contributed by atoms with E-state index in [4.69, 9.17) is 12.2 Å². The molecule has 2 N–H and O–H groups in total. The molecule has 0 radical (unpaired) electrons. The van der Waals surface area contributed by atoms with Gasteiger partial charge >= 0.3 is 0 Å². The van der Waals surface area contributed by atoms with Crippen LogP contribution in [0, 0.1) is 25.2 Å². The van der Waals surface area contributed by atoms with Gasteiger partial charge in [0.25, 0.3) is 0 Å². The predicted octanol–water partition coefficient (Wildman–Crippen LogP) is 4.05. The molecule has 0 unspecified atom stereocenters. The Morgan fingerprint density at radius 2 is 1.91 bits per heavy atom. The Morgan fingerprint density at radius 3 is 2.55 bits per heavy atom. The van der Waals surface area contributed by atoms with Crippen LogP contribution in [0.15, 0.2) is 18.2 Å². The lowest BCUT2D eigenvalue weighted by molar-refractivity contribution is 0.0828. The van der Waals surface area contributed by atoms with Gasteiger partial charge in [0.2, 0.25) is 0 Å². The second-order valence-electron chi connectivity index (χ2n) is 8.08. The van der Waals surface area contributed by atoms with Crippen molar-refractivity contribution in [3.05, 3.63) is 29.3 Å². The van der Waals surface area contributed by atoms with Crippen molar-refractivity contribution in [2.45, 2.75) is 59.5 Å². The average Bonchev–Trinajstić information content (AvgIpc) is 2.66. The zero-order valence-corrected chi connectivity index (χ0v) is 15.1. The van der Waals surface area contributed by atoms with E-state index in [1.807, 2.05) is 0 Å². The van der Waals surface area contributed by atoms with Gasteiger partial charge in [-0.3, -0.25) is 5.01 Å². The Kier molecular flexibility index (Phi) is 3.73. The molecule has 1 aliphatic carbocycles. The second kappa shape index (κ2) is 5.20. The van der Waals surface area contributed by atoms with Gasteiger partial charge in [0.15, 0.2) is 5.11 Å². The van der Waals surface area contributed by atoms with Gasteiger partial charge < -0.3 is 5.32 Å². The van der Waals surface area contributed by atoms with Crippen molar-refractivity contribution in [2.24, 2.45) is 11.3 Å². The number of nitrogens with one attached hydrogen (secondary N) is 2. The number of nitrogens with zero attached hydrogens (tertiary/aromatic N) is 1. The minimum Gasteiger partial charge on any atom is -0.342 e. The molecule has 120 valence electrons. The second-order valence-corrected chi connectivity index (χ2v) is 8.47. The summed E-state index contributed by atoms with van der Waals surface area (Å²) >= 11 is 5.62. The van der Waals surface area contributed by atoms with Crippen molar-refractivity contribution in [3.8, 4) is 0 Å². The number of anilines is 1. The summed E-state index contributed by atoms with van der Waals surface area (Å²) in [5, 5.41) is 6.42. The first-order chi connectivity index (χ1) is 10.2. The molecule has 2 fully saturated rings. The quantitative estimate of drug-likeness (QED) is 0.764. The highest BCUT2D eigenvalue weighted by atomic mass is 32.1. The number of thiocarbonyl (C=S) groups is 1. The maximum Gasteiger partial charge on any atom is 0.189 e. The lowest BCUT2D eigenvalue weighted by Gasteiger charge is -2.45. The zero-order chi connectivity index (χ0) is 16.1. The van der Waals surface area contributed by atoms with E-state index in [0.717, 1.165) is 23.6 Å². The van der Waals surface area contributed by atoms with Crippen LogP contribution in [0.5, 0.6) is 0 Å². The number of hydrogen-bond acceptors (Lipinski definition) is 2. The Bertz CT molecular complexity index is 610. The van der Waals surface area contributed by atoms with Crippen molar-refractivity contribution in [1.82, 2.24) is 10.7 Å². The molecule has 0 aromatic heterocycles. The minimum absolute atomic E-state index is 0.100. The van der Waals surface area contributed by atoms with E-state index in [1.165, 1.54) is 17.5 Å². The molecular weight excluding hydrogens is 290 g/mol. The fourth-order valence-electron chi connectivity index (χ4n) is 4.35. The molecular formula is C18H27N3S. The number of rotatable bonds is 1. The van der Waals surface area contributed by atoms with Gasteiger partial charge in [-0.1, -0.05) is 26.8 Å². The topological polar surface area (TPSA) is 27.3 Å². The third-order valence-electron chi connectivity index (χ3n) is 5.00. The van der Waals surface area contributed by atoms with E-state index in [1.54, 1.807) is 0 Å². The maximum absolute atomic E-state index is 5.62. The summed E-state index contributed by atoms with van der Waals surface area (Å²) in [6.45, 7) is 11.3. The normalized spacial score (nSPS) is 30.7. The van der Waals surface area contributed by atoms with Crippen molar-refractivity contribution >= 4 is 23.0 Å². The smallest absolute Gasteiger partial charge is 0.189 e. The summed E-state index contributed by atoms with van der Waals surface area (Å²) in [4.78, 5) is 0. The highest BCUT2D eigenvalue weighted by Gasteiger charge is 2.48. The predicted molar refractivity (Wildman–Crippen MR) is 96.8 cm³/mol. The molecule has 1 aromatic rings. The van der Waals surface area contributed by atoms with E-state index < -0.39 is 0 Å². The molecule has 2 aliphatic rings. The average molecular weight is 318 g/mol. The minimum atomic E-state index is -0.100. The van der Waals surface area contributed by atoms with Crippen LogP contribution in [0.25, 0.3) is 0 Å². The molecule has 1 spiro atoms. The molecule has 1 heterocycles. The van der Waals surface area contributed by atoms with Gasteiger partial charge in [-0.05, 0) is 79.9 Å². The first-order valence-electron chi connectivity index (χ1n) is 8.17. The van der Waals surface area contributed by atoms with Crippen molar-refractivity contribution in [3.63, 3.8) is 0 Å². The SMILES string of the molecule is Cc1ccc(N2N[C@@]3(C[C@@H](C)CC(C)(C)C3)NC2=S)cc1C. The number of aryl methyl sites for hydroxylation is 2. The van der Waals surface area contributed by atoms with Gasteiger partial charge in [-0.15, -0.1) is 0 Å². The summed E-state index contributed by atoms with van der Waals surface area (Å²) in [7, 11) is 0. The molecule has 4 heteroatoms. The van der Waals surface area contributed by atoms with Crippen LogP contribution in [-0.2, 0) is 0 Å². The molecule has 3 rings (SSSR count). The molecule has 2 atom stereocenters. The lowest BCUT2D eigenvalue weighted by Crippen LogP contribution is -2.57. The molecule has 1 aliphatic heterocycles. The maximum atomic E-state index is 5.62. The van der Waals surface area contributed by atoms with Crippen LogP contribution in [0.2, 0.25) is 0 Å². The summed E-state index contributed by atoms with van der Waals surface area (Å²) in [6, 6.07) is 6.50. The van der Waals surface area contributed by atoms with Crippen molar-refractivity contribution < 1.29 is 0 Å². The Balaban J connectivity index is 1.88. The fourth-order valence-corrected chi connectivity index (χ4v) is 4.70. The monoisotopic (exact) mass is 317 g/mol. The summed E-state index contributed by atoms with van der Waals surface area (Å²) in [5.41, 5.74) is 7.63. The molecule has 1 aromatic carbocycles. The van der Waals surface area contributed by atoms with E-state index >= 15 is 0 Å². The summed E-state index contributed by atoms with van der Waals surface area (Å²) < 4.78 is 0. The van der Waals surface area contributed by atoms with E-state index in [-0.39, 0.29) is 5.66 Å². The van der Waals surface area contributed by atoms with Crippen LogP contribution in [0.1, 0.15) is 51.2 Å². The van der Waals surface area contributed by atoms with Gasteiger partial charge in [0.05, 0.1) is 5.69 Å². The highest BCUT2D eigenvalue weighted by Crippen LogP contribution is 2.44. The van der Waals surface area contributed by atoms with Crippen molar-refractivity contribution in [2.75, 3.05) is 5.01 Å². The molecule has 0 bridgehead atoms. The molecule has 22 heavy (non-hydrogen) atoms. The van der Waals surface area contributed by atoms with Gasteiger partial charge in [-0.25, -0.2) is 5.43 Å². The number of benzene rings is 1.